The fraction of sp³-hybridized carbons (Fsp3) is 0.261. The van der Waals surface area contributed by atoms with Crippen molar-refractivity contribution in [2.45, 2.75) is 6.92 Å². The monoisotopic (exact) mass is 420 g/mol. The molecule has 3 aromatic rings. The zero-order chi connectivity index (χ0) is 21.4. The molecule has 0 bridgehead atoms. The molecule has 0 atom stereocenters. The number of carbonyl (C=O) groups excluding carboxylic acids is 2. The van der Waals surface area contributed by atoms with Gasteiger partial charge in [-0.3, -0.25) is 14.5 Å². The van der Waals surface area contributed by atoms with Gasteiger partial charge in [-0.2, -0.15) is 0 Å². The summed E-state index contributed by atoms with van der Waals surface area (Å²) in [5.41, 5.74) is 1.87. The molecular weight excluding hydrogens is 396 g/mol. The first kappa shape index (κ1) is 20.3. The van der Waals surface area contributed by atoms with Crippen LogP contribution in [-0.2, 0) is 0 Å². The van der Waals surface area contributed by atoms with Crippen molar-refractivity contribution in [1.82, 2.24) is 15.1 Å². The number of likely N-dealkylation sites (N-methyl/N-ethyl adjacent to an activating group) is 1. The van der Waals surface area contributed by atoms with Crippen LogP contribution in [0.3, 0.4) is 0 Å². The number of thiocarbonyl (C=S) groups is 1. The summed E-state index contributed by atoms with van der Waals surface area (Å²) in [5.74, 6) is -0.507. The number of nitrogens with one attached hydrogen (secondary N) is 2. The van der Waals surface area contributed by atoms with Gasteiger partial charge in [0.1, 0.15) is 0 Å². The van der Waals surface area contributed by atoms with E-state index in [1.54, 1.807) is 6.07 Å². The van der Waals surface area contributed by atoms with Gasteiger partial charge in [0.05, 0.1) is 5.56 Å². The van der Waals surface area contributed by atoms with Gasteiger partial charge in [-0.05, 0) is 62.2 Å². The first-order valence-electron chi connectivity index (χ1n) is 9.96. The largest absolute Gasteiger partial charge is 0.363 e. The zero-order valence-corrected chi connectivity index (χ0v) is 18.1. The molecule has 0 unspecified atom stereocenters. The van der Waals surface area contributed by atoms with Gasteiger partial charge in [-0.1, -0.05) is 24.3 Å². The summed E-state index contributed by atoms with van der Waals surface area (Å²) in [6.07, 6.45) is 0. The molecule has 4 rings (SSSR count). The number of imide groups is 1. The Hall–Kier alpha value is -3.03. The van der Waals surface area contributed by atoms with Crippen molar-refractivity contribution in [3.05, 3.63) is 53.6 Å². The minimum absolute atomic E-state index is 0.243. The van der Waals surface area contributed by atoms with Crippen molar-refractivity contribution in [2.75, 3.05) is 39.0 Å². The molecule has 1 aliphatic heterocycles. The third-order valence-corrected chi connectivity index (χ3v) is 5.54. The first-order chi connectivity index (χ1) is 14.4. The van der Waals surface area contributed by atoms with E-state index in [1.165, 1.54) is 4.90 Å². The van der Waals surface area contributed by atoms with Crippen LogP contribution < -0.4 is 10.6 Å². The highest BCUT2D eigenvalue weighted by Gasteiger charge is 2.34. The number of nitrogens with zero attached hydrogens (tertiary/aromatic N) is 2. The van der Waals surface area contributed by atoms with Gasteiger partial charge in [0.25, 0.3) is 11.8 Å². The Labute approximate surface area is 180 Å². The highest BCUT2D eigenvalue weighted by Crippen LogP contribution is 2.38. The van der Waals surface area contributed by atoms with Crippen LogP contribution in [-0.4, -0.2) is 60.5 Å². The molecular formula is C23H24N4O2S. The van der Waals surface area contributed by atoms with E-state index in [-0.39, 0.29) is 11.8 Å². The zero-order valence-electron chi connectivity index (χ0n) is 17.3. The van der Waals surface area contributed by atoms with Crippen molar-refractivity contribution in [3.8, 4) is 0 Å². The molecule has 6 nitrogen and oxygen atoms in total. The molecule has 1 aliphatic rings. The number of hydrogen-bond donors (Lipinski definition) is 2. The molecule has 0 saturated heterocycles. The van der Waals surface area contributed by atoms with Crippen LogP contribution in [0.15, 0.2) is 42.5 Å². The summed E-state index contributed by atoms with van der Waals surface area (Å²) in [6, 6.07) is 13.5. The van der Waals surface area contributed by atoms with Crippen LogP contribution >= 0.6 is 12.2 Å². The Balaban J connectivity index is 1.98. The van der Waals surface area contributed by atoms with Crippen molar-refractivity contribution in [1.29, 1.82) is 0 Å². The van der Waals surface area contributed by atoms with Gasteiger partial charge in [0.2, 0.25) is 0 Å². The molecule has 30 heavy (non-hydrogen) atoms. The Bertz CT molecular complexity index is 1190. The summed E-state index contributed by atoms with van der Waals surface area (Å²) in [4.78, 5) is 30.1. The molecule has 0 fully saturated rings. The van der Waals surface area contributed by atoms with E-state index in [1.807, 2.05) is 62.3 Å². The van der Waals surface area contributed by atoms with E-state index in [0.717, 1.165) is 21.8 Å². The van der Waals surface area contributed by atoms with Crippen LogP contribution in [0.2, 0.25) is 0 Å². The summed E-state index contributed by atoms with van der Waals surface area (Å²) in [6.45, 7) is 3.60. The summed E-state index contributed by atoms with van der Waals surface area (Å²) >= 11 is 5.38. The smallest absolute Gasteiger partial charge is 0.262 e. The third kappa shape index (κ3) is 3.40. The van der Waals surface area contributed by atoms with E-state index in [0.29, 0.717) is 41.3 Å². The molecule has 0 aromatic heterocycles. The standard InChI is InChI=1S/C23H24N4O2S/c1-4-24-23(30)25-17-10-6-8-15-13-14-7-5-9-16-18(14)20(19(15)17)22(29)27(21(16)28)12-11-26(2)3/h5-10,13H,4,11-12H2,1-3H3,(H2,24,25,30). The van der Waals surface area contributed by atoms with E-state index in [2.05, 4.69) is 10.6 Å². The second-order valence-corrected chi connectivity index (χ2v) is 8.02. The Morgan fingerprint density at radius 3 is 2.43 bits per heavy atom. The predicted octanol–water partition coefficient (Wildman–Crippen LogP) is 3.46. The minimum atomic E-state index is -0.264. The topological polar surface area (TPSA) is 64.7 Å². The number of fused-ring (bicyclic) bond motifs is 2. The maximum absolute atomic E-state index is 13.6. The quantitative estimate of drug-likeness (QED) is 0.374. The van der Waals surface area contributed by atoms with Crippen LogP contribution in [0.1, 0.15) is 27.6 Å². The second kappa shape index (κ2) is 8.01. The highest BCUT2D eigenvalue weighted by atomic mass is 32.1. The predicted molar refractivity (Wildman–Crippen MR) is 125 cm³/mol. The maximum atomic E-state index is 13.6. The summed E-state index contributed by atoms with van der Waals surface area (Å²) in [5, 5.41) is 10.1. The lowest BCUT2D eigenvalue weighted by molar-refractivity contribution is 0.0602. The molecule has 0 spiro atoms. The van der Waals surface area contributed by atoms with Gasteiger partial charge < -0.3 is 15.5 Å². The molecule has 2 amide bonds. The van der Waals surface area contributed by atoms with E-state index >= 15 is 0 Å². The second-order valence-electron chi connectivity index (χ2n) is 7.61. The van der Waals surface area contributed by atoms with Crippen LogP contribution in [0.5, 0.6) is 0 Å². The normalized spacial score (nSPS) is 13.4. The van der Waals surface area contributed by atoms with E-state index in [9.17, 15) is 9.59 Å². The SMILES string of the molecule is CCNC(=S)Nc1cccc2cc3cccc4c3c(c12)C(=O)N(CCN(C)C)C4=O. The van der Waals surface area contributed by atoms with Crippen molar-refractivity contribution in [2.24, 2.45) is 0 Å². The van der Waals surface area contributed by atoms with Gasteiger partial charge in [0, 0.05) is 41.7 Å². The van der Waals surface area contributed by atoms with E-state index in [4.69, 9.17) is 12.2 Å². The number of carbonyl (C=O) groups is 2. The fourth-order valence-electron chi connectivity index (χ4n) is 3.93. The lowest BCUT2D eigenvalue weighted by Gasteiger charge is -2.29. The molecule has 154 valence electrons. The molecule has 0 saturated carbocycles. The average Bonchev–Trinajstić information content (AvgIpc) is 2.70. The van der Waals surface area contributed by atoms with Crippen molar-refractivity contribution in [3.63, 3.8) is 0 Å². The third-order valence-electron chi connectivity index (χ3n) is 5.30. The van der Waals surface area contributed by atoms with Crippen molar-refractivity contribution < 1.29 is 9.59 Å². The van der Waals surface area contributed by atoms with Gasteiger partial charge in [-0.15, -0.1) is 0 Å². The maximum Gasteiger partial charge on any atom is 0.262 e. The molecule has 7 heteroatoms. The Kier molecular flexibility index (Phi) is 5.40. The molecule has 0 radical (unpaired) electrons. The van der Waals surface area contributed by atoms with Crippen LogP contribution in [0, 0.1) is 0 Å². The summed E-state index contributed by atoms with van der Waals surface area (Å²) in [7, 11) is 3.85. The average molecular weight is 421 g/mol. The van der Waals surface area contributed by atoms with Gasteiger partial charge in [0.15, 0.2) is 5.11 Å². The van der Waals surface area contributed by atoms with E-state index < -0.39 is 0 Å². The lowest BCUT2D eigenvalue weighted by Crippen LogP contribution is -2.43. The first-order valence-corrected chi connectivity index (χ1v) is 10.4. The minimum Gasteiger partial charge on any atom is -0.363 e. The number of hydrogen-bond acceptors (Lipinski definition) is 4. The number of anilines is 1. The molecule has 3 aromatic carbocycles. The lowest BCUT2D eigenvalue weighted by atomic mass is 9.89. The van der Waals surface area contributed by atoms with Gasteiger partial charge in [-0.25, -0.2) is 0 Å². The highest BCUT2D eigenvalue weighted by molar-refractivity contribution is 7.80. The Morgan fingerprint density at radius 1 is 1.03 bits per heavy atom. The van der Waals surface area contributed by atoms with Crippen molar-refractivity contribution >= 4 is 56.4 Å². The van der Waals surface area contributed by atoms with Crippen LogP contribution in [0.25, 0.3) is 21.5 Å². The number of rotatable bonds is 5. The van der Waals surface area contributed by atoms with Crippen LogP contribution in [0.4, 0.5) is 5.69 Å². The van der Waals surface area contributed by atoms with Gasteiger partial charge >= 0.3 is 0 Å². The number of benzene rings is 3. The molecule has 2 N–H and O–H groups in total. The Morgan fingerprint density at radius 2 is 1.73 bits per heavy atom. The molecule has 1 heterocycles. The fourth-order valence-corrected chi connectivity index (χ4v) is 4.18. The molecule has 0 aliphatic carbocycles. The number of amides is 2. The summed E-state index contributed by atoms with van der Waals surface area (Å²) < 4.78 is 0.